The molecule has 0 aliphatic rings. The first-order valence-electron chi connectivity index (χ1n) is 20.7. The summed E-state index contributed by atoms with van der Waals surface area (Å²) in [6.45, 7) is 0. The predicted octanol–water partition coefficient (Wildman–Crippen LogP) is 16.2. The van der Waals surface area contributed by atoms with Crippen LogP contribution in [0, 0.1) is 0 Å². The van der Waals surface area contributed by atoms with E-state index in [1.165, 1.54) is 93.2 Å². The standard InChI is InChI=1S/C58H38N2/c1-3-14-39(15-4-1)44-18-13-19-46(38-44)59(45-32-26-41(27-33-45)48-21-8-7-20-47(48)40-16-5-2-6-17-40)55-36-30-42-29-35-52-56(37-31-43-28-34-51(55)57(42)58(43)52)60-53-24-11-9-22-49(53)50-23-10-12-25-54(50)60/h1-38H. The molecule has 12 rings (SSSR count). The molecule has 0 saturated carbocycles. The summed E-state index contributed by atoms with van der Waals surface area (Å²) in [5.74, 6) is 0. The van der Waals surface area contributed by atoms with Crippen LogP contribution in [0.5, 0.6) is 0 Å². The highest BCUT2D eigenvalue weighted by Crippen LogP contribution is 2.46. The van der Waals surface area contributed by atoms with Crippen molar-refractivity contribution < 1.29 is 0 Å². The van der Waals surface area contributed by atoms with E-state index < -0.39 is 0 Å². The normalized spacial score (nSPS) is 11.7. The van der Waals surface area contributed by atoms with Gasteiger partial charge in [-0.15, -0.1) is 0 Å². The second-order valence-corrected chi connectivity index (χ2v) is 15.7. The number of hydrogen-bond acceptors (Lipinski definition) is 1. The minimum atomic E-state index is 1.10. The Bertz CT molecular complexity index is 3470. The van der Waals surface area contributed by atoms with E-state index in [0.717, 1.165) is 17.1 Å². The fraction of sp³-hybridized carbons (Fsp3) is 0. The van der Waals surface area contributed by atoms with Gasteiger partial charge in [-0.2, -0.15) is 0 Å². The van der Waals surface area contributed by atoms with E-state index >= 15 is 0 Å². The number of nitrogens with zero attached hydrogens (tertiary/aromatic N) is 2. The molecule has 0 aliphatic carbocycles. The maximum Gasteiger partial charge on any atom is 0.0541 e. The molecule has 1 heterocycles. The van der Waals surface area contributed by atoms with Crippen molar-refractivity contribution in [3.8, 4) is 39.1 Å². The van der Waals surface area contributed by atoms with Gasteiger partial charge in [-0.3, -0.25) is 0 Å². The van der Waals surface area contributed by atoms with Gasteiger partial charge in [0.1, 0.15) is 0 Å². The summed E-state index contributed by atoms with van der Waals surface area (Å²) in [6.07, 6.45) is 0. The van der Waals surface area contributed by atoms with Gasteiger partial charge in [-0.05, 0) is 103 Å². The number of para-hydroxylation sites is 2. The van der Waals surface area contributed by atoms with E-state index in [9.17, 15) is 0 Å². The van der Waals surface area contributed by atoms with Crippen LogP contribution in [0.3, 0.4) is 0 Å². The number of benzene rings is 11. The van der Waals surface area contributed by atoms with E-state index in [1.807, 2.05) is 0 Å². The molecule has 0 amide bonds. The summed E-state index contributed by atoms with van der Waals surface area (Å²) in [6, 6.07) is 84.2. The Morgan fingerprint density at radius 2 is 0.817 bits per heavy atom. The van der Waals surface area contributed by atoms with Gasteiger partial charge in [0.2, 0.25) is 0 Å². The number of aromatic nitrogens is 1. The van der Waals surface area contributed by atoms with Crippen LogP contribution in [-0.2, 0) is 0 Å². The molecule has 60 heavy (non-hydrogen) atoms. The van der Waals surface area contributed by atoms with E-state index in [1.54, 1.807) is 0 Å². The van der Waals surface area contributed by atoms with Gasteiger partial charge in [0.05, 0.1) is 22.4 Å². The Hall–Kier alpha value is -7.94. The molecule has 280 valence electrons. The van der Waals surface area contributed by atoms with Crippen LogP contribution in [0.15, 0.2) is 231 Å². The summed E-state index contributed by atoms with van der Waals surface area (Å²) >= 11 is 0. The van der Waals surface area contributed by atoms with Gasteiger partial charge >= 0.3 is 0 Å². The Kier molecular flexibility index (Phi) is 7.89. The topological polar surface area (TPSA) is 8.17 Å². The molecule has 2 nitrogen and oxygen atoms in total. The molecular formula is C58H38N2. The highest BCUT2D eigenvalue weighted by molar-refractivity contribution is 6.27. The van der Waals surface area contributed by atoms with Crippen molar-refractivity contribution in [1.82, 2.24) is 4.57 Å². The van der Waals surface area contributed by atoms with Crippen molar-refractivity contribution in [3.63, 3.8) is 0 Å². The monoisotopic (exact) mass is 762 g/mol. The number of fused-ring (bicyclic) bond motifs is 3. The van der Waals surface area contributed by atoms with Crippen LogP contribution in [0.4, 0.5) is 17.1 Å². The average Bonchev–Trinajstić information content (AvgIpc) is 3.66. The van der Waals surface area contributed by atoms with E-state index in [4.69, 9.17) is 0 Å². The third-order valence-corrected chi connectivity index (χ3v) is 12.3. The molecule has 0 fully saturated rings. The molecular weight excluding hydrogens is 725 g/mol. The molecule has 0 spiro atoms. The number of anilines is 3. The lowest BCUT2D eigenvalue weighted by atomic mass is 9.92. The third kappa shape index (κ3) is 5.42. The van der Waals surface area contributed by atoms with Gasteiger partial charge in [0.25, 0.3) is 0 Å². The SMILES string of the molecule is c1ccc(-c2cccc(N(c3ccc(-c4ccccc4-c4ccccc4)cc3)c3ccc4ccc5c(-n6c7ccccc7c7ccccc76)ccc6ccc3c4c65)c2)cc1. The fourth-order valence-electron chi connectivity index (χ4n) is 9.62. The Morgan fingerprint density at radius 1 is 0.300 bits per heavy atom. The molecule has 0 radical (unpaired) electrons. The minimum Gasteiger partial charge on any atom is -0.310 e. The van der Waals surface area contributed by atoms with Crippen LogP contribution in [-0.4, -0.2) is 4.57 Å². The first-order chi connectivity index (χ1) is 29.8. The summed E-state index contributed by atoms with van der Waals surface area (Å²) < 4.78 is 2.45. The van der Waals surface area contributed by atoms with Gasteiger partial charge in [0, 0.05) is 32.9 Å². The number of rotatable bonds is 7. The molecule has 0 N–H and O–H groups in total. The fourth-order valence-corrected chi connectivity index (χ4v) is 9.62. The van der Waals surface area contributed by atoms with E-state index in [2.05, 4.69) is 240 Å². The minimum absolute atomic E-state index is 1.10. The maximum absolute atomic E-state index is 2.45. The van der Waals surface area contributed by atoms with Crippen molar-refractivity contribution in [3.05, 3.63) is 231 Å². The van der Waals surface area contributed by atoms with Crippen molar-refractivity contribution in [2.24, 2.45) is 0 Å². The lowest BCUT2D eigenvalue weighted by Crippen LogP contribution is -2.11. The quantitative estimate of drug-likeness (QED) is 0.147. The summed E-state index contributed by atoms with van der Waals surface area (Å²) in [7, 11) is 0. The molecule has 1 aromatic heterocycles. The van der Waals surface area contributed by atoms with Crippen LogP contribution < -0.4 is 4.90 Å². The zero-order valence-electron chi connectivity index (χ0n) is 32.8. The average molecular weight is 763 g/mol. The molecule has 12 aromatic rings. The molecule has 0 bridgehead atoms. The number of hydrogen-bond donors (Lipinski definition) is 0. The van der Waals surface area contributed by atoms with Gasteiger partial charge in [0.15, 0.2) is 0 Å². The van der Waals surface area contributed by atoms with Gasteiger partial charge in [-0.25, -0.2) is 0 Å². The summed E-state index contributed by atoms with van der Waals surface area (Å²) in [4.78, 5) is 2.44. The smallest absolute Gasteiger partial charge is 0.0541 e. The Balaban J connectivity index is 1.07. The van der Waals surface area contributed by atoms with Crippen LogP contribution >= 0.6 is 0 Å². The van der Waals surface area contributed by atoms with Crippen molar-refractivity contribution in [2.75, 3.05) is 4.90 Å². The zero-order chi connectivity index (χ0) is 39.6. The lowest BCUT2D eigenvalue weighted by molar-refractivity contribution is 1.20. The van der Waals surface area contributed by atoms with Gasteiger partial charge in [-0.1, -0.05) is 182 Å². The van der Waals surface area contributed by atoms with E-state index in [-0.39, 0.29) is 0 Å². The maximum atomic E-state index is 2.45. The first kappa shape index (κ1) is 34.1. The van der Waals surface area contributed by atoms with Crippen molar-refractivity contribution in [1.29, 1.82) is 0 Å². The first-order valence-corrected chi connectivity index (χ1v) is 20.7. The predicted molar refractivity (Wildman–Crippen MR) is 255 cm³/mol. The van der Waals surface area contributed by atoms with Crippen LogP contribution in [0.25, 0.3) is 93.2 Å². The molecule has 0 atom stereocenters. The molecule has 0 unspecified atom stereocenters. The Morgan fingerprint density at radius 3 is 1.50 bits per heavy atom. The van der Waals surface area contributed by atoms with E-state index in [0.29, 0.717) is 0 Å². The van der Waals surface area contributed by atoms with Crippen molar-refractivity contribution >= 4 is 71.2 Å². The second kappa shape index (κ2) is 13.9. The second-order valence-electron chi connectivity index (χ2n) is 15.7. The summed E-state index contributed by atoms with van der Waals surface area (Å²) in [5, 5.41) is 10.0. The van der Waals surface area contributed by atoms with Gasteiger partial charge < -0.3 is 9.47 Å². The van der Waals surface area contributed by atoms with Crippen molar-refractivity contribution in [2.45, 2.75) is 0 Å². The molecule has 11 aromatic carbocycles. The lowest BCUT2D eigenvalue weighted by Gasteiger charge is -2.28. The van der Waals surface area contributed by atoms with Crippen LogP contribution in [0.2, 0.25) is 0 Å². The highest BCUT2D eigenvalue weighted by Gasteiger charge is 2.21. The zero-order valence-corrected chi connectivity index (χ0v) is 32.8. The van der Waals surface area contributed by atoms with Crippen LogP contribution in [0.1, 0.15) is 0 Å². The molecule has 0 saturated heterocycles. The highest BCUT2D eigenvalue weighted by atomic mass is 15.1. The molecule has 2 heteroatoms. The largest absolute Gasteiger partial charge is 0.310 e. The third-order valence-electron chi connectivity index (χ3n) is 12.3. The Labute approximate surface area is 348 Å². The molecule has 0 aliphatic heterocycles. The summed E-state index contributed by atoms with van der Waals surface area (Å²) in [5.41, 5.74) is 14.2.